The SMILES string of the molecule is COc1ccc(-c2nnc(NC(=O)c3cccnc3)s2)cc1OC. The molecule has 0 spiro atoms. The molecule has 0 aliphatic rings. The fourth-order valence-electron chi connectivity index (χ4n) is 2.03. The zero-order valence-electron chi connectivity index (χ0n) is 13.0. The van der Waals surface area contributed by atoms with Crippen LogP contribution in [0.5, 0.6) is 11.5 Å². The van der Waals surface area contributed by atoms with Crippen molar-refractivity contribution < 1.29 is 14.3 Å². The molecule has 2 heterocycles. The highest BCUT2D eigenvalue weighted by Crippen LogP contribution is 2.34. The average molecular weight is 342 g/mol. The molecule has 1 amide bonds. The topological polar surface area (TPSA) is 86.2 Å². The smallest absolute Gasteiger partial charge is 0.259 e. The summed E-state index contributed by atoms with van der Waals surface area (Å²) in [6.07, 6.45) is 3.10. The highest BCUT2D eigenvalue weighted by Gasteiger charge is 2.13. The normalized spacial score (nSPS) is 10.2. The van der Waals surface area contributed by atoms with Crippen molar-refractivity contribution in [3.8, 4) is 22.1 Å². The van der Waals surface area contributed by atoms with E-state index >= 15 is 0 Å². The van der Waals surface area contributed by atoms with Crippen molar-refractivity contribution in [3.63, 3.8) is 0 Å². The van der Waals surface area contributed by atoms with Crippen molar-refractivity contribution in [2.24, 2.45) is 0 Å². The van der Waals surface area contributed by atoms with Gasteiger partial charge in [-0.25, -0.2) is 0 Å². The number of carbonyl (C=O) groups excluding carboxylic acids is 1. The number of aromatic nitrogens is 3. The summed E-state index contributed by atoms with van der Waals surface area (Å²) in [5.74, 6) is 0.958. The molecule has 24 heavy (non-hydrogen) atoms. The molecule has 0 aliphatic heterocycles. The van der Waals surface area contributed by atoms with E-state index in [2.05, 4.69) is 20.5 Å². The van der Waals surface area contributed by atoms with Crippen LogP contribution >= 0.6 is 11.3 Å². The molecule has 1 aromatic carbocycles. The lowest BCUT2D eigenvalue weighted by atomic mass is 10.2. The third kappa shape index (κ3) is 3.33. The number of carbonyl (C=O) groups is 1. The summed E-state index contributed by atoms with van der Waals surface area (Å²) in [6.45, 7) is 0. The highest BCUT2D eigenvalue weighted by molar-refractivity contribution is 7.18. The minimum atomic E-state index is -0.280. The monoisotopic (exact) mass is 342 g/mol. The van der Waals surface area contributed by atoms with Crippen LogP contribution in [0, 0.1) is 0 Å². The van der Waals surface area contributed by atoms with Gasteiger partial charge in [0.2, 0.25) is 5.13 Å². The van der Waals surface area contributed by atoms with E-state index in [1.54, 1.807) is 38.6 Å². The van der Waals surface area contributed by atoms with E-state index in [0.29, 0.717) is 27.2 Å². The van der Waals surface area contributed by atoms with Gasteiger partial charge in [0.15, 0.2) is 11.5 Å². The second kappa shape index (κ2) is 7.05. The summed E-state index contributed by atoms with van der Waals surface area (Å²) in [4.78, 5) is 16.0. The first-order valence-corrected chi connectivity index (χ1v) is 7.80. The largest absolute Gasteiger partial charge is 0.493 e. The number of pyridine rings is 1. The molecule has 0 aliphatic carbocycles. The van der Waals surface area contributed by atoms with Crippen molar-refractivity contribution >= 4 is 22.4 Å². The lowest BCUT2D eigenvalue weighted by Crippen LogP contribution is -2.11. The molecule has 0 fully saturated rings. The molecule has 0 bridgehead atoms. The van der Waals surface area contributed by atoms with Crippen LogP contribution in [0.1, 0.15) is 10.4 Å². The summed E-state index contributed by atoms with van der Waals surface area (Å²) in [6, 6.07) is 8.84. The van der Waals surface area contributed by atoms with Gasteiger partial charge in [0.1, 0.15) is 5.01 Å². The maximum absolute atomic E-state index is 12.1. The van der Waals surface area contributed by atoms with Gasteiger partial charge in [-0.2, -0.15) is 0 Å². The van der Waals surface area contributed by atoms with E-state index in [0.717, 1.165) is 5.56 Å². The molecular formula is C16H14N4O3S. The number of amides is 1. The maximum Gasteiger partial charge on any atom is 0.259 e. The first kappa shape index (κ1) is 15.9. The number of hydrogen-bond acceptors (Lipinski definition) is 7. The van der Waals surface area contributed by atoms with Crippen LogP contribution in [-0.2, 0) is 0 Å². The Balaban J connectivity index is 1.79. The number of nitrogens with zero attached hydrogens (tertiary/aromatic N) is 3. The molecular weight excluding hydrogens is 328 g/mol. The van der Waals surface area contributed by atoms with Crippen LogP contribution in [0.4, 0.5) is 5.13 Å². The molecule has 7 nitrogen and oxygen atoms in total. The quantitative estimate of drug-likeness (QED) is 0.767. The lowest BCUT2D eigenvalue weighted by molar-refractivity contribution is 0.102. The fraction of sp³-hybridized carbons (Fsp3) is 0.125. The van der Waals surface area contributed by atoms with E-state index in [9.17, 15) is 4.79 Å². The second-order valence-electron chi connectivity index (χ2n) is 4.68. The van der Waals surface area contributed by atoms with Crippen molar-refractivity contribution in [1.82, 2.24) is 15.2 Å². The Hall–Kier alpha value is -3.00. The predicted molar refractivity (Wildman–Crippen MR) is 90.6 cm³/mol. The van der Waals surface area contributed by atoms with Gasteiger partial charge in [-0.15, -0.1) is 10.2 Å². The van der Waals surface area contributed by atoms with Crippen molar-refractivity contribution in [1.29, 1.82) is 0 Å². The first-order chi connectivity index (χ1) is 11.7. The first-order valence-electron chi connectivity index (χ1n) is 6.98. The van der Waals surface area contributed by atoms with Crippen LogP contribution in [-0.4, -0.2) is 35.3 Å². The minimum absolute atomic E-state index is 0.280. The number of anilines is 1. The molecule has 0 radical (unpaired) electrons. The Kier molecular flexibility index (Phi) is 4.66. The molecule has 0 atom stereocenters. The van der Waals surface area contributed by atoms with Crippen LogP contribution in [0.3, 0.4) is 0 Å². The van der Waals surface area contributed by atoms with Gasteiger partial charge >= 0.3 is 0 Å². The Morgan fingerprint density at radius 3 is 2.67 bits per heavy atom. The average Bonchev–Trinajstić information content (AvgIpc) is 3.10. The van der Waals surface area contributed by atoms with Crippen molar-refractivity contribution in [2.45, 2.75) is 0 Å². The van der Waals surface area contributed by atoms with Crippen LogP contribution in [0.15, 0.2) is 42.7 Å². The third-order valence-corrected chi connectivity index (χ3v) is 4.09. The summed E-state index contributed by atoms with van der Waals surface area (Å²) >= 11 is 1.27. The summed E-state index contributed by atoms with van der Waals surface area (Å²) in [5.41, 5.74) is 1.28. The number of hydrogen-bond donors (Lipinski definition) is 1. The third-order valence-electron chi connectivity index (χ3n) is 3.20. The number of ether oxygens (including phenoxy) is 2. The number of nitrogens with one attached hydrogen (secondary N) is 1. The molecule has 122 valence electrons. The van der Waals surface area contributed by atoms with E-state index < -0.39 is 0 Å². The van der Waals surface area contributed by atoms with Gasteiger partial charge in [0.05, 0.1) is 19.8 Å². The fourth-order valence-corrected chi connectivity index (χ4v) is 2.76. The van der Waals surface area contributed by atoms with Gasteiger partial charge in [-0.1, -0.05) is 11.3 Å². The summed E-state index contributed by atoms with van der Waals surface area (Å²) in [5, 5.41) is 11.9. The summed E-state index contributed by atoms with van der Waals surface area (Å²) in [7, 11) is 3.15. The minimum Gasteiger partial charge on any atom is -0.493 e. The number of rotatable bonds is 5. The molecule has 8 heteroatoms. The zero-order chi connectivity index (χ0) is 16.9. The van der Waals surface area contributed by atoms with E-state index in [4.69, 9.17) is 9.47 Å². The molecule has 1 N–H and O–H groups in total. The van der Waals surface area contributed by atoms with Crippen LogP contribution < -0.4 is 14.8 Å². The molecule has 0 saturated carbocycles. The zero-order valence-corrected chi connectivity index (χ0v) is 13.8. The molecule has 3 aromatic rings. The van der Waals surface area contributed by atoms with Crippen LogP contribution in [0.2, 0.25) is 0 Å². The van der Waals surface area contributed by atoms with Gasteiger partial charge in [0, 0.05) is 18.0 Å². The highest BCUT2D eigenvalue weighted by atomic mass is 32.1. The van der Waals surface area contributed by atoms with E-state index in [-0.39, 0.29) is 5.91 Å². The second-order valence-corrected chi connectivity index (χ2v) is 5.66. The molecule has 0 saturated heterocycles. The lowest BCUT2D eigenvalue weighted by Gasteiger charge is -2.07. The standard InChI is InChI=1S/C16H14N4O3S/c1-22-12-6-5-10(8-13(12)23-2)15-19-20-16(24-15)18-14(21)11-4-3-7-17-9-11/h3-9H,1-2H3,(H,18,20,21). The number of methoxy groups -OCH3 is 2. The Morgan fingerprint density at radius 1 is 1.12 bits per heavy atom. The molecule has 2 aromatic heterocycles. The predicted octanol–water partition coefficient (Wildman–Crippen LogP) is 2.87. The summed E-state index contributed by atoms with van der Waals surface area (Å²) < 4.78 is 10.5. The van der Waals surface area contributed by atoms with Gasteiger partial charge in [0.25, 0.3) is 5.91 Å². The van der Waals surface area contributed by atoms with Crippen molar-refractivity contribution in [3.05, 3.63) is 48.3 Å². The van der Waals surface area contributed by atoms with Crippen molar-refractivity contribution in [2.75, 3.05) is 19.5 Å². The molecule has 0 unspecified atom stereocenters. The maximum atomic E-state index is 12.1. The van der Waals surface area contributed by atoms with Gasteiger partial charge < -0.3 is 9.47 Å². The Morgan fingerprint density at radius 2 is 1.96 bits per heavy atom. The van der Waals surface area contributed by atoms with Gasteiger partial charge in [-0.05, 0) is 30.3 Å². The Bertz CT molecular complexity index is 852. The number of benzene rings is 1. The molecule has 3 rings (SSSR count). The Labute approximate surface area is 142 Å². The van der Waals surface area contributed by atoms with E-state index in [1.165, 1.54) is 17.5 Å². The van der Waals surface area contributed by atoms with Gasteiger partial charge in [-0.3, -0.25) is 15.1 Å². The van der Waals surface area contributed by atoms with E-state index in [1.807, 2.05) is 12.1 Å². The van der Waals surface area contributed by atoms with Crippen LogP contribution in [0.25, 0.3) is 10.6 Å².